The first kappa shape index (κ1) is 14.4. The summed E-state index contributed by atoms with van der Waals surface area (Å²) in [6, 6.07) is 13.4. The normalized spacial score (nSPS) is 10.3. The Balaban J connectivity index is 2.13. The largest absolute Gasteiger partial charge is 0.494 e. The fourth-order valence-electron chi connectivity index (χ4n) is 2.22. The molecular weight excluding hydrogens is 253 g/mol. The Bertz CT molecular complexity index is 569. The molecule has 0 unspecified atom stereocenters. The average Bonchev–Trinajstić information content (AvgIpc) is 2.48. The van der Waals surface area contributed by atoms with Crippen molar-refractivity contribution in [2.24, 2.45) is 0 Å². The van der Waals surface area contributed by atoms with Gasteiger partial charge in [-0.1, -0.05) is 43.7 Å². The Hall–Kier alpha value is -2.03. The number of hydrogen-bond donors (Lipinski definition) is 1. The molecule has 2 aromatic rings. The zero-order chi connectivity index (χ0) is 14.4. The van der Waals surface area contributed by atoms with Crippen LogP contribution in [0.15, 0.2) is 42.5 Å². The van der Waals surface area contributed by atoms with Crippen molar-refractivity contribution < 1.29 is 9.13 Å². The average molecular weight is 273 g/mol. The fourth-order valence-corrected chi connectivity index (χ4v) is 2.22. The number of benzene rings is 2. The topological polar surface area (TPSA) is 21.3 Å². The lowest BCUT2D eigenvalue weighted by Crippen LogP contribution is -2.05. The van der Waals surface area contributed by atoms with Crippen LogP contribution in [0.3, 0.4) is 0 Å². The molecule has 0 bridgehead atoms. The van der Waals surface area contributed by atoms with E-state index in [1.807, 2.05) is 18.2 Å². The fraction of sp³-hybridized carbons (Fsp3) is 0.294. The summed E-state index contributed by atoms with van der Waals surface area (Å²) in [5.74, 6) is -0.0124. The maximum atomic E-state index is 14.1. The second-order valence-electron chi connectivity index (χ2n) is 4.69. The molecule has 1 N–H and O–H groups in total. The number of para-hydroxylation sites is 1. The molecule has 2 rings (SSSR count). The first-order valence-electron chi connectivity index (χ1n) is 6.89. The van der Waals surface area contributed by atoms with Gasteiger partial charge in [0.1, 0.15) is 0 Å². The predicted octanol–water partition coefficient (Wildman–Crippen LogP) is 4.40. The SMILES string of the molecule is CCCc1ccccc1NCc1cccc(OC)c1F. The molecule has 0 aliphatic rings. The van der Waals surface area contributed by atoms with E-state index in [2.05, 4.69) is 18.3 Å². The highest BCUT2D eigenvalue weighted by Crippen LogP contribution is 2.22. The van der Waals surface area contributed by atoms with Crippen molar-refractivity contribution >= 4 is 5.69 Å². The molecule has 2 nitrogen and oxygen atoms in total. The number of aryl methyl sites for hydroxylation is 1. The van der Waals surface area contributed by atoms with Crippen molar-refractivity contribution in [2.75, 3.05) is 12.4 Å². The number of rotatable bonds is 6. The van der Waals surface area contributed by atoms with Gasteiger partial charge >= 0.3 is 0 Å². The van der Waals surface area contributed by atoms with Gasteiger partial charge in [0.05, 0.1) is 7.11 Å². The summed E-state index contributed by atoms with van der Waals surface area (Å²) >= 11 is 0. The minimum atomic E-state index is -0.296. The third kappa shape index (κ3) is 3.29. The van der Waals surface area contributed by atoms with Gasteiger partial charge in [-0.25, -0.2) is 4.39 Å². The maximum absolute atomic E-state index is 14.1. The molecule has 0 aliphatic heterocycles. The molecule has 0 saturated carbocycles. The first-order chi connectivity index (χ1) is 9.76. The number of halogens is 1. The highest BCUT2D eigenvalue weighted by Gasteiger charge is 2.08. The van der Waals surface area contributed by atoms with Crippen molar-refractivity contribution in [3.8, 4) is 5.75 Å². The van der Waals surface area contributed by atoms with Crippen molar-refractivity contribution in [2.45, 2.75) is 26.3 Å². The van der Waals surface area contributed by atoms with Crippen molar-refractivity contribution in [1.82, 2.24) is 0 Å². The molecule has 0 fully saturated rings. The summed E-state index contributed by atoms with van der Waals surface area (Å²) in [6.07, 6.45) is 2.11. The van der Waals surface area contributed by atoms with Crippen LogP contribution >= 0.6 is 0 Å². The highest BCUT2D eigenvalue weighted by atomic mass is 19.1. The van der Waals surface area contributed by atoms with E-state index in [1.54, 1.807) is 18.2 Å². The molecule has 0 atom stereocenters. The minimum absolute atomic E-state index is 0.283. The Kier molecular flexibility index (Phi) is 4.99. The zero-order valence-corrected chi connectivity index (χ0v) is 11.9. The third-order valence-electron chi connectivity index (χ3n) is 3.27. The molecule has 2 aromatic carbocycles. The molecule has 0 aromatic heterocycles. The van der Waals surface area contributed by atoms with Gasteiger partial charge in [-0.15, -0.1) is 0 Å². The van der Waals surface area contributed by atoms with Gasteiger partial charge in [0.25, 0.3) is 0 Å². The number of hydrogen-bond acceptors (Lipinski definition) is 2. The summed E-state index contributed by atoms with van der Waals surface area (Å²) in [5, 5.41) is 3.31. The van der Waals surface area contributed by atoms with Crippen molar-refractivity contribution in [3.05, 3.63) is 59.4 Å². The van der Waals surface area contributed by atoms with Crippen LogP contribution in [-0.4, -0.2) is 7.11 Å². The lowest BCUT2D eigenvalue weighted by Gasteiger charge is -2.13. The number of ether oxygens (including phenoxy) is 1. The number of nitrogens with one attached hydrogen (secondary N) is 1. The third-order valence-corrected chi connectivity index (χ3v) is 3.27. The van der Waals surface area contributed by atoms with Gasteiger partial charge < -0.3 is 10.1 Å². The van der Waals surface area contributed by atoms with Crippen LogP contribution in [-0.2, 0) is 13.0 Å². The van der Waals surface area contributed by atoms with Gasteiger partial charge in [0, 0.05) is 17.8 Å². The summed E-state index contributed by atoms with van der Waals surface area (Å²) in [4.78, 5) is 0. The van der Waals surface area contributed by atoms with E-state index in [1.165, 1.54) is 12.7 Å². The summed E-state index contributed by atoms with van der Waals surface area (Å²) in [7, 11) is 1.48. The van der Waals surface area contributed by atoms with E-state index in [0.717, 1.165) is 18.5 Å². The predicted molar refractivity (Wildman–Crippen MR) is 80.7 cm³/mol. The van der Waals surface area contributed by atoms with Crippen molar-refractivity contribution in [1.29, 1.82) is 0 Å². The lowest BCUT2D eigenvalue weighted by atomic mass is 10.1. The van der Waals surface area contributed by atoms with Gasteiger partial charge in [-0.3, -0.25) is 0 Å². The minimum Gasteiger partial charge on any atom is -0.494 e. The van der Waals surface area contributed by atoms with Gasteiger partial charge in [0.15, 0.2) is 11.6 Å². The Morgan fingerprint density at radius 3 is 2.55 bits per heavy atom. The monoisotopic (exact) mass is 273 g/mol. The second-order valence-corrected chi connectivity index (χ2v) is 4.69. The molecule has 0 heterocycles. The highest BCUT2D eigenvalue weighted by molar-refractivity contribution is 5.51. The molecule has 0 spiro atoms. The zero-order valence-electron chi connectivity index (χ0n) is 11.9. The molecule has 0 saturated heterocycles. The molecule has 3 heteroatoms. The second kappa shape index (κ2) is 6.94. The summed E-state index contributed by atoms with van der Waals surface area (Å²) in [6.45, 7) is 2.60. The van der Waals surface area contributed by atoms with E-state index < -0.39 is 0 Å². The maximum Gasteiger partial charge on any atom is 0.170 e. The number of methoxy groups -OCH3 is 1. The summed E-state index contributed by atoms with van der Waals surface area (Å²) in [5.41, 5.74) is 2.94. The smallest absolute Gasteiger partial charge is 0.170 e. The van der Waals surface area contributed by atoms with Crippen LogP contribution in [0.5, 0.6) is 5.75 Å². The van der Waals surface area contributed by atoms with Crippen LogP contribution in [0.4, 0.5) is 10.1 Å². The van der Waals surface area contributed by atoms with Crippen LogP contribution in [0.2, 0.25) is 0 Å². The van der Waals surface area contributed by atoms with Gasteiger partial charge in [-0.05, 0) is 24.1 Å². The standard InChI is InChI=1S/C17H20FNO/c1-3-7-13-8-4-5-10-15(13)19-12-14-9-6-11-16(20-2)17(14)18/h4-6,8-11,19H,3,7,12H2,1-2H3. The van der Waals surface area contributed by atoms with Crippen molar-refractivity contribution in [3.63, 3.8) is 0 Å². The van der Waals surface area contributed by atoms with Crippen LogP contribution in [0, 0.1) is 5.82 Å². The van der Waals surface area contributed by atoms with Crippen LogP contribution < -0.4 is 10.1 Å². The molecule has 0 aliphatic carbocycles. The quantitative estimate of drug-likeness (QED) is 0.842. The van der Waals surface area contributed by atoms with Gasteiger partial charge in [-0.2, -0.15) is 0 Å². The van der Waals surface area contributed by atoms with E-state index in [-0.39, 0.29) is 11.6 Å². The van der Waals surface area contributed by atoms with Crippen LogP contribution in [0.1, 0.15) is 24.5 Å². The Morgan fingerprint density at radius 1 is 1.05 bits per heavy atom. The number of anilines is 1. The molecule has 106 valence electrons. The van der Waals surface area contributed by atoms with E-state index in [0.29, 0.717) is 12.1 Å². The molecule has 0 amide bonds. The molecule has 20 heavy (non-hydrogen) atoms. The van der Waals surface area contributed by atoms with E-state index >= 15 is 0 Å². The van der Waals surface area contributed by atoms with Gasteiger partial charge in [0.2, 0.25) is 0 Å². The molecule has 0 radical (unpaired) electrons. The van der Waals surface area contributed by atoms with E-state index in [9.17, 15) is 4.39 Å². The lowest BCUT2D eigenvalue weighted by molar-refractivity contribution is 0.384. The van der Waals surface area contributed by atoms with Crippen LogP contribution in [0.25, 0.3) is 0 Å². The molecular formula is C17H20FNO. The Labute approximate surface area is 119 Å². The van der Waals surface area contributed by atoms with E-state index in [4.69, 9.17) is 4.74 Å². The Morgan fingerprint density at radius 2 is 1.80 bits per heavy atom. The first-order valence-corrected chi connectivity index (χ1v) is 6.89. The summed E-state index contributed by atoms with van der Waals surface area (Å²) < 4.78 is 19.1.